The number of hydrogen-bond donors (Lipinski definition) is 5. The number of halogens is 2. The van der Waals surface area contributed by atoms with Crippen LogP contribution in [0.15, 0.2) is 29.7 Å². The summed E-state index contributed by atoms with van der Waals surface area (Å²) in [5, 5.41) is 24.2. The second kappa shape index (κ2) is 16.0. The van der Waals surface area contributed by atoms with Crippen molar-refractivity contribution < 1.29 is 51.0 Å². The van der Waals surface area contributed by atoms with Crippen molar-refractivity contribution in [2.75, 3.05) is 30.5 Å². The van der Waals surface area contributed by atoms with Crippen molar-refractivity contribution in [3.05, 3.63) is 35.3 Å². The number of amides is 1. The number of nitriles is 1. The lowest BCUT2D eigenvalue weighted by Gasteiger charge is -2.26. The number of aromatic amines is 1. The first kappa shape index (κ1) is 37.4. The Morgan fingerprint density at radius 2 is 2.10 bits per heavy atom. The maximum atomic E-state index is 15.8. The van der Waals surface area contributed by atoms with Gasteiger partial charge in [-0.05, 0) is 17.1 Å². The summed E-state index contributed by atoms with van der Waals surface area (Å²) in [5.74, 6) is -1.97. The highest BCUT2D eigenvalue weighted by Crippen LogP contribution is 2.56. The molecule has 2 aliphatic rings. The largest absolute Gasteiger partial charge is 0.512 e. The number of alkyl halides is 2. The van der Waals surface area contributed by atoms with Crippen LogP contribution in [0, 0.1) is 23.2 Å². The third-order valence-electron chi connectivity index (χ3n) is 8.00. The fourth-order valence-corrected chi connectivity index (χ4v) is 7.94. The number of aromatic nitrogens is 6. The van der Waals surface area contributed by atoms with Gasteiger partial charge < -0.3 is 15.2 Å². The minimum atomic E-state index is -4.91. The van der Waals surface area contributed by atoms with Crippen LogP contribution in [0.5, 0.6) is 0 Å². The minimum absolute atomic E-state index is 0.0833. The van der Waals surface area contributed by atoms with Gasteiger partial charge in [-0.3, -0.25) is 38.0 Å². The van der Waals surface area contributed by atoms with Crippen molar-refractivity contribution in [3.63, 3.8) is 0 Å². The Hall–Kier alpha value is -3.86. The van der Waals surface area contributed by atoms with Crippen molar-refractivity contribution in [1.82, 2.24) is 29.5 Å². The zero-order valence-electron chi connectivity index (χ0n) is 26.5. The molecule has 3 unspecified atom stereocenters. The average Bonchev–Trinajstić information content (AvgIpc) is 3.73. The monoisotopic (exact) mass is 744 g/mol. The fraction of sp³-hybridized carbons (Fsp3) is 0.593. The molecule has 0 spiro atoms. The molecule has 270 valence electrons. The van der Waals surface area contributed by atoms with E-state index in [9.17, 15) is 28.7 Å². The van der Waals surface area contributed by atoms with E-state index in [2.05, 4.69) is 35.6 Å². The van der Waals surface area contributed by atoms with E-state index in [1.54, 1.807) is 19.9 Å². The summed E-state index contributed by atoms with van der Waals surface area (Å²) >= 11 is 0. The number of nitrogens with one attached hydrogen (secondary N) is 3. The van der Waals surface area contributed by atoms with Crippen molar-refractivity contribution in [2.24, 2.45) is 11.8 Å². The van der Waals surface area contributed by atoms with Gasteiger partial charge in [-0.2, -0.15) is 15.1 Å². The van der Waals surface area contributed by atoms with Crippen molar-refractivity contribution in [3.8, 4) is 6.07 Å². The Bertz CT molecular complexity index is 1830. The molecule has 1 amide bonds. The molecule has 50 heavy (non-hydrogen) atoms. The summed E-state index contributed by atoms with van der Waals surface area (Å²) in [6.07, 6.45) is -5.76. The van der Waals surface area contributed by atoms with Gasteiger partial charge in [0, 0.05) is 18.0 Å². The van der Waals surface area contributed by atoms with Gasteiger partial charge in [-0.25, -0.2) is 28.3 Å². The molecular formula is C27H34F2N9O10P2+. The molecule has 1 aliphatic heterocycles. The molecule has 1 saturated heterocycles. The van der Waals surface area contributed by atoms with E-state index < -0.39 is 101 Å². The molecule has 2 fully saturated rings. The van der Waals surface area contributed by atoms with Gasteiger partial charge in [0.25, 0.3) is 5.56 Å². The van der Waals surface area contributed by atoms with Gasteiger partial charge in [0.15, 0.2) is 29.7 Å². The summed E-state index contributed by atoms with van der Waals surface area (Å²) in [6, 6.07) is 2.26. The highest BCUT2D eigenvalue weighted by molar-refractivity contribution is 7.48. The van der Waals surface area contributed by atoms with Gasteiger partial charge in [-0.1, -0.05) is 13.8 Å². The number of imidazole rings is 1. The number of phosphoric ester groups is 1. The first-order valence-electron chi connectivity index (χ1n) is 15.3. The number of anilines is 2. The van der Waals surface area contributed by atoms with Crippen LogP contribution < -0.4 is 16.2 Å². The lowest BCUT2D eigenvalue weighted by atomic mass is 10.1. The van der Waals surface area contributed by atoms with E-state index in [0.717, 1.165) is 10.9 Å². The molecular weight excluding hydrogens is 710 g/mol. The highest BCUT2D eigenvalue weighted by atomic mass is 31.2. The third-order valence-corrected chi connectivity index (χ3v) is 10.7. The topological polar surface area (TPSA) is 266 Å². The van der Waals surface area contributed by atoms with E-state index in [1.165, 1.54) is 18.6 Å². The number of nitrogens with zero attached hydrogens (tertiary/aromatic N) is 6. The van der Waals surface area contributed by atoms with E-state index >= 15 is 8.78 Å². The molecule has 1 saturated carbocycles. The smallest absolute Gasteiger partial charge is 0.394 e. The molecule has 0 aromatic carbocycles. The van der Waals surface area contributed by atoms with Crippen molar-refractivity contribution >= 4 is 44.7 Å². The molecule has 1 aliphatic carbocycles. The molecule has 0 bridgehead atoms. The number of rotatable bonds is 15. The molecule has 5 rings (SSSR count). The summed E-state index contributed by atoms with van der Waals surface area (Å²) in [5.41, 5.74) is -2.67. The normalized spacial score (nSPS) is 28.0. The van der Waals surface area contributed by atoms with Crippen LogP contribution >= 0.6 is 15.9 Å². The van der Waals surface area contributed by atoms with Crippen LogP contribution in [-0.2, 0) is 32.2 Å². The summed E-state index contributed by atoms with van der Waals surface area (Å²) < 4.78 is 80.8. The first-order valence-corrected chi connectivity index (χ1v) is 18.0. The zero-order valence-corrected chi connectivity index (χ0v) is 28.3. The van der Waals surface area contributed by atoms with E-state index in [4.69, 9.17) is 23.6 Å². The van der Waals surface area contributed by atoms with Crippen molar-refractivity contribution in [2.45, 2.75) is 69.2 Å². The van der Waals surface area contributed by atoms with Gasteiger partial charge in [0.05, 0.1) is 44.7 Å². The molecule has 23 heteroatoms. The maximum absolute atomic E-state index is 15.8. The lowest BCUT2D eigenvalue weighted by Crippen LogP contribution is -2.32. The Morgan fingerprint density at radius 3 is 2.76 bits per heavy atom. The van der Waals surface area contributed by atoms with Crippen LogP contribution in [0.4, 0.5) is 20.5 Å². The average molecular weight is 745 g/mol. The maximum Gasteiger partial charge on any atom is 0.512 e. The van der Waals surface area contributed by atoms with Crippen LogP contribution in [0.25, 0.3) is 11.2 Å². The second-order valence-corrected chi connectivity index (χ2v) is 14.5. The van der Waals surface area contributed by atoms with Gasteiger partial charge in [0.2, 0.25) is 17.5 Å². The van der Waals surface area contributed by atoms with E-state index in [1.807, 2.05) is 0 Å². The molecule has 0 radical (unpaired) electrons. The first-order chi connectivity index (χ1) is 23.9. The van der Waals surface area contributed by atoms with E-state index in [0.29, 0.717) is 0 Å². The Kier molecular flexibility index (Phi) is 12.0. The number of carbonyl (C=O) groups excluding carboxylic acids is 1. The molecule has 10 atom stereocenters. The minimum Gasteiger partial charge on any atom is -0.394 e. The SMILES string of the molecule is CC(C)C(=O)Nc1nc2c(ncn2[C@@H]2O[C@H](CO)[C@@H](F)[C@H]2OP(=O)(OCCC#N)OCC2C[C@@H](Nc3ccncn3)[C@H](F)[C@@H]2[P+](=O)O)c(=O)[nH]1. The van der Waals surface area contributed by atoms with Gasteiger partial charge >= 0.3 is 15.9 Å². The second-order valence-electron chi connectivity index (χ2n) is 11.7. The quantitative estimate of drug-likeness (QED) is 0.110. The highest BCUT2D eigenvalue weighted by Gasteiger charge is 2.56. The summed E-state index contributed by atoms with van der Waals surface area (Å²) in [4.78, 5) is 53.3. The Balaban J connectivity index is 1.42. The molecule has 4 heterocycles. The summed E-state index contributed by atoms with van der Waals surface area (Å²) in [7, 11) is -8.01. The number of aliphatic hydroxyl groups excluding tert-OH is 1. The number of carbonyl (C=O) groups is 1. The Morgan fingerprint density at radius 1 is 1.32 bits per heavy atom. The predicted molar refractivity (Wildman–Crippen MR) is 168 cm³/mol. The van der Waals surface area contributed by atoms with Crippen molar-refractivity contribution in [1.29, 1.82) is 5.26 Å². The van der Waals surface area contributed by atoms with Gasteiger partial charge in [0.1, 0.15) is 24.4 Å². The van der Waals surface area contributed by atoms with Crippen LogP contribution in [0.1, 0.15) is 32.9 Å². The summed E-state index contributed by atoms with van der Waals surface area (Å²) in [6.45, 7) is 1.20. The number of phosphoric acid groups is 1. The molecule has 3 aromatic rings. The number of H-pyrrole nitrogens is 1. The Labute approximate surface area is 283 Å². The fourth-order valence-electron chi connectivity index (χ4n) is 5.52. The van der Waals surface area contributed by atoms with Crippen LogP contribution in [0.3, 0.4) is 0 Å². The van der Waals surface area contributed by atoms with E-state index in [-0.39, 0.29) is 35.8 Å². The van der Waals surface area contributed by atoms with Gasteiger partial charge in [-0.15, -0.1) is 0 Å². The molecule has 19 nitrogen and oxygen atoms in total. The number of aliphatic hydroxyl groups is 1. The number of ether oxygens (including phenoxy) is 1. The lowest BCUT2D eigenvalue weighted by molar-refractivity contribution is -0.118. The third kappa shape index (κ3) is 8.19. The molecule has 5 N–H and O–H groups in total. The number of hydrogen-bond acceptors (Lipinski definition) is 15. The number of fused-ring (bicyclic) bond motifs is 1. The molecule has 3 aromatic heterocycles. The standard InChI is InChI=1S/C27H33F2N9O10P2/c1-13(2)24(40)36-27-35-23-20(25(41)37-27)33-12-38(23)26-21(19(29)16(9-39)47-26)48-50(44,45-7-3-5-30)46-10-14-8-15(18(28)22(14)49(42)43)34-17-4-6-31-11-32-17/h4,6,11-16,18-19,21-22,26,39H,3,7-10H2,1-2H3,(H3-,31,32,34,35,36,37,40,41,42,43)/p+1/t14?,15-,16-,18+,19-,21-,22-,26-,50?/m1/s1. The van der Waals surface area contributed by atoms with Crippen LogP contribution in [0.2, 0.25) is 0 Å². The van der Waals surface area contributed by atoms with Crippen LogP contribution in [-0.4, -0.2) is 101 Å². The predicted octanol–water partition coefficient (Wildman–Crippen LogP) is 2.11. The zero-order chi connectivity index (χ0) is 36.2.